The topological polar surface area (TPSA) is 35.5 Å². The van der Waals surface area contributed by atoms with E-state index in [0.29, 0.717) is 12.2 Å². The monoisotopic (exact) mass is 179 g/mol. The van der Waals surface area contributed by atoms with E-state index in [2.05, 4.69) is 4.74 Å². The smallest absolute Gasteiger partial charge is 0.427 e. The van der Waals surface area contributed by atoms with Gasteiger partial charge in [-0.25, -0.2) is 4.79 Å². The molecule has 0 atom stereocenters. The molecule has 1 aromatic carbocycles. The summed E-state index contributed by atoms with van der Waals surface area (Å²) in [6, 6.07) is 8.79. The zero-order chi connectivity index (χ0) is 9.52. The molecule has 0 spiro atoms. The van der Waals surface area contributed by atoms with Crippen molar-refractivity contribution < 1.29 is 14.3 Å². The van der Waals surface area contributed by atoms with Crippen LogP contribution >= 0.6 is 0 Å². The van der Waals surface area contributed by atoms with Crippen molar-refractivity contribution >= 4 is 6.16 Å². The Morgan fingerprint density at radius 3 is 2.69 bits per heavy atom. The molecule has 0 N–H and O–H groups in total. The van der Waals surface area contributed by atoms with Crippen LogP contribution in [0.3, 0.4) is 0 Å². The van der Waals surface area contributed by atoms with Crippen LogP contribution in [0.5, 0.6) is 5.75 Å². The second kappa shape index (κ2) is 5.19. The number of para-hydroxylation sites is 1. The van der Waals surface area contributed by atoms with Gasteiger partial charge < -0.3 is 9.47 Å². The third-order valence-corrected chi connectivity index (χ3v) is 1.29. The molecule has 0 heterocycles. The van der Waals surface area contributed by atoms with Gasteiger partial charge in [-0.15, -0.1) is 0 Å². The maximum absolute atomic E-state index is 10.9. The van der Waals surface area contributed by atoms with Gasteiger partial charge in [0.25, 0.3) is 0 Å². The third kappa shape index (κ3) is 3.60. The number of carbonyl (C=O) groups is 1. The van der Waals surface area contributed by atoms with Crippen molar-refractivity contribution in [2.45, 2.75) is 13.3 Å². The molecular formula is C10H11O3. The van der Waals surface area contributed by atoms with Crippen LogP contribution in [0.1, 0.15) is 13.3 Å². The number of ether oxygens (including phenoxy) is 2. The molecule has 0 saturated carbocycles. The lowest BCUT2D eigenvalue weighted by molar-refractivity contribution is 0.121. The summed E-state index contributed by atoms with van der Waals surface area (Å²) in [6.07, 6.45) is -0.0304. The number of rotatable bonds is 3. The maximum Gasteiger partial charge on any atom is 0.514 e. The van der Waals surface area contributed by atoms with Crippen molar-refractivity contribution in [1.82, 2.24) is 0 Å². The molecule has 1 radical (unpaired) electrons. The summed E-state index contributed by atoms with van der Waals surface area (Å²) in [5, 5.41) is 0. The average molecular weight is 179 g/mol. The van der Waals surface area contributed by atoms with Gasteiger partial charge in [-0.1, -0.05) is 25.1 Å². The Bertz CT molecular complexity index is 256. The summed E-state index contributed by atoms with van der Waals surface area (Å²) < 4.78 is 9.43. The number of benzene rings is 1. The number of carbonyl (C=O) groups excluding carboxylic acids is 1. The van der Waals surface area contributed by atoms with Gasteiger partial charge in [0.2, 0.25) is 0 Å². The summed E-state index contributed by atoms with van der Waals surface area (Å²) in [5.41, 5.74) is 0. The fourth-order valence-corrected chi connectivity index (χ4v) is 0.760. The summed E-state index contributed by atoms with van der Waals surface area (Å²) in [5.74, 6) is 0.483. The molecule has 0 amide bonds. The van der Waals surface area contributed by atoms with E-state index < -0.39 is 6.16 Å². The highest BCUT2D eigenvalue weighted by molar-refractivity contribution is 5.64. The van der Waals surface area contributed by atoms with Crippen LogP contribution in [-0.4, -0.2) is 6.16 Å². The van der Waals surface area contributed by atoms with Gasteiger partial charge in [0, 0.05) is 0 Å². The Labute approximate surface area is 77.3 Å². The van der Waals surface area contributed by atoms with E-state index in [4.69, 9.17) is 4.74 Å². The van der Waals surface area contributed by atoms with Crippen molar-refractivity contribution in [3.63, 3.8) is 0 Å². The Morgan fingerprint density at radius 1 is 1.38 bits per heavy atom. The van der Waals surface area contributed by atoms with Crippen molar-refractivity contribution in [3.05, 3.63) is 36.9 Å². The summed E-state index contributed by atoms with van der Waals surface area (Å²) in [6.45, 7) is 3.26. The Kier molecular flexibility index (Phi) is 3.82. The number of hydrogen-bond donors (Lipinski definition) is 0. The predicted octanol–water partition coefficient (Wildman–Crippen LogP) is 2.77. The van der Waals surface area contributed by atoms with E-state index in [1.807, 2.05) is 13.0 Å². The lowest BCUT2D eigenvalue weighted by Crippen LogP contribution is -2.08. The fraction of sp³-hybridized carbons (Fsp3) is 0.200. The van der Waals surface area contributed by atoms with Crippen LogP contribution in [0.15, 0.2) is 30.3 Å². The second-order valence-electron chi connectivity index (χ2n) is 2.36. The van der Waals surface area contributed by atoms with E-state index in [9.17, 15) is 4.79 Å². The highest BCUT2D eigenvalue weighted by Gasteiger charge is 2.03. The molecule has 0 aliphatic rings. The first-order valence-corrected chi connectivity index (χ1v) is 4.08. The van der Waals surface area contributed by atoms with E-state index in [1.165, 1.54) is 6.61 Å². The van der Waals surface area contributed by atoms with E-state index in [1.54, 1.807) is 24.3 Å². The van der Waals surface area contributed by atoms with Gasteiger partial charge in [0.05, 0.1) is 0 Å². The molecule has 1 rings (SSSR count). The van der Waals surface area contributed by atoms with Crippen LogP contribution in [-0.2, 0) is 4.74 Å². The SMILES string of the molecule is CC[CH]OC(=O)Oc1ccccc1. The lowest BCUT2D eigenvalue weighted by atomic mass is 10.3. The minimum atomic E-state index is -0.701. The molecule has 13 heavy (non-hydrogen) atoms. The van der Waals surface area contributed by atoms with Crippen LogP contribution < -0.4 is 4.74 Å². The van der Waals surface area contributed by atoms with Gasteiger partial charge in [-0.05, 0) is 18.6 Å². The molecule has 0 aliphatic heterocycles. The van der Waals surface area contributed by atoms with Gasteiger partial charge in [0.15, 0.2) is 0 Å². The van der Waals surface area contributed by atoms with E-state index in [0.717, 1.165) is 0 Å². The molecule has 69 valence electrons. The Balaban J connectivity index is 2.37. The number of hydrogen-bond acceptors (Lipinski definition) is 3. The molecule has 3 heteroatoms. The quantitative estimate of drug-likeness (QED) is 0.528. The van der Waals surface area contributed by atoms with E-state index >= 15 is 0 Å². The fourth-order valence-electron chi connectivity index (χ4n) is 0.760. The average Bonchev–Trinajstić information content (AvgIpc) is 2.16. The highest BCUT2D eigenvalue weighted by atomic mass is 16.7. The molecule has 0 aromatic heterocycles. The van der Waals surface area contributed by atoms with Crippen LogP contribution in [0, 0.1) is 6.61 Å². The van der Waals surface area contributed by atoms with Crippen molar-refractivity contribution in [3.8, 4) is 5.75 Å². The van der Waals surface area contributed by atoms with Crippen LogP contribution in [0.2, 0.25) is 0 Å². The summed E-state index contributed by atoms with van der Waals surface area (Å²) >= 11 is 0. The standard InChI is InChI=1S/C10H11O3/c1-2-8-12-10(11)13-9-6-4-3-5-7-9/h3-8H,2H2,1H3. The molecule has 0 fully saturated rings. The molecule has 0 saturated heterocycles. The van der Waals surface area contributed by atoms with Crippen LogP contribution in [0.4, 0.5) is 4.79 Å². The van der Waals surface area contributed by atoms with Crippen LogP contribution in [0.25, 0.3) is 0 Å². The molecule has 0 unspecified atom stereocenters. The lowest BCUT2D eigenvalue weighted by Gasteiger charge is -2.02. The van der Waals surface area contributed by atoms with Gasteiger partial charge in [-0.3, -0.25) is 0 Å². The minimum Gasteiger partial charge on any atom is -0.427 e. The first kappa shape index (κ1) is 9.58. The minimum absolute atomic E-state index is 0.483. The maximum atomic E-state index is 10.9. The first-order chi connectivity index (χ1) is 6.33. The van der Waals surface area contributed by atoms with E-state index in [-0.39, 0.29) is 0 Å². The zero-order valence-corrected chi connectivity index (χ0v) is 7.40. The second-order valence-corrected chi connectivity index (χ2v) is 2.36. The first-order valence-electron chi connectivity index (χ1n) is 4.08. The van der Waals surface area contributed by atoms with Crippen molar-refractivity contribution in [2.75, 3.05) is 0 Å². The van der Waals surface area contributed by atoms with Gasteiger partial charge >= 0.3 is 6.16 Å². The molecule has 1 aromatic rings. The highest BCUT2D eigenvalue weighted by Crippen LogP contribution is 2.09. The molecule has 0 bridgehead atoms. The predicted molar refractivity (Wildman–Crippen MR) is 48.1 cm³/mol. The Hall–Kier alpha value is -1.51. The van der Waals surface area contributed by atoms with Gasteiger partial charge in [0.1, 0.15) is 12.4 Å². The third-order valence-electron chi connectivity index (χ3n) is 1.29. The molecular weight excluding hydrogens is 168 g/mol. The van der Waals surface area contributed by atoms with Crippen molar-refractivity contribution in [2.24, 2.45) is 0 Å². The largest absolute Gasteiger partial charge is 0.514 e. The summed E-state index contributed by atoms with van der Waals surface area (Å²) in [4.78, 5) is 10.9. The zero-order valence-electron chi connectivity index (χ0n) is 7.40. The molecule has 3 nitrogen and oxygen atoms in total. The Morgan fingerprint density at radius 2 is 2.08 bits per heavy atom. The van der Waals surface area contributed by atoms with Crippen molar-refractivity contribution in [1.29, 1.82) is 0 Å². The normalized spacial score (nSPS) is 9.31. The van der Waals surface area contributed by atoms with Gasteiger partial charge in [-0.2, -0.15) is 0 Å². The summed E-state index contributed by atoms with van der Waals surface area (Å²) in [7, 11) is 0. The molecule has 0 aliphatic carbocycles.